The predicted octanol–water partition coefficient (Wildman–Crippen LogP) is 5.63. The molecule has 0 unspecified atom stereocenters. The maximum atomic E-state index is 13.4. The minimum Gasteiger partial charge on any atom is -0.349 e. The molecular formula is C23H20FN3. The Morgan fingerprint density at radius 3 is 2.59 bits per heavy atom. The van der Waals surface area contributed by atoms with E-state index in [-0.39, 0.29) is 17.9 Å². The van der Waals surface area contributed by atoms with Gasteiger partial charge in [0.2, 0.25) is 5.95 Å². The second-order valence-electron chi connectivity index (χ2n) is 7.21. The summed E-state index contributed by atoms with van der Waals surface area (Å²) in [5.74, 6) is 0.653. The summed E-state index contributed by atoms with van der Waals surface area (Å²) in [7, 11) is 0. The van der Waals surface area contributed by atoms with Crippen LogP contribution >= 0.6 is 0 Å². The van der Waals surface area contributed by atoms with Crippen LogP contribution in [0.15, 0.2) is 72.8 Å². The van der Waals surface area contributed by atoms with Crippen molar-refractivity contribution in [3.8, 4) is 0 Å². The molecule has 5 rings (SSSR count). The second-order valence-corrected chi connectivity index (χ2v) is 7.21. The van der Waals surface area contributed by atoms with E-state index in [4.69, 9.17) is 4.98 Å². The van der Waals surface area contributed by atoms with E-state index in [1.54, 1.807) is 0 Å². The van der Waals surface area contributed by atoms with Crippen molar-refractivity contribution >= 4 is 17.0 Å². The number of aryl methyl sites for hydroxylation is 1. The Morgan fingerprint density at radius 2 is 1.78 bits per heavy atom. The van der Waals surface area contributed by atoms with Crippen molar-refractivity contribution in [2.24, 2.45) is 0 Å². The number of imidazole rings is 1. The molecule has 0 radical (unpaired) electrons. The lowest BCUT2D eigenvalue weighted by Crippen LogP contribution is -2.27. The number of nitrogens with zero attached hydrogens (tertiary/aromatic N) is 2. The summed E-state index contributed by atoms with van der Waals surface area (Å²) in [4.78, 5) is 4.82. The number of para-hydroxylation sites is 2. The van der Waals surface area contributed by atoms with E-state index in [1.807, 2.05) is 24.3 Å². The monoisotopic (exact) mass is 357 g/mol. The van der Waals surface area contributed by atoms with E-state index in [0.717, 1.165) is 29.0 Å². The number of nitrogens with one attached hydrogen (secondary N) is 1. The van der Waals surface area contributed by atoms with Crippen molar-refractivity contribution in [3.05, 3.63) is 95.3 Å². The Kier molecular flexibility index (Phi) is 3.71. The zero-order chi connectivity index (χ0) is 18.4. The third kappa shape index (κ3) is 2.78. The van der Waals surface area contributed by atoms with Crippen molar-refractivity contribution in [3.63, 3.8) is 0 Å². The SMILES string of the molecule is Cc1cccc([C@@H]2C[C@H](c3ccc(F)cc3)Nc3nc4ccccc4n32)c1. The molecule has 27 heavy (non-hydrogen) atoms. The molecule has 0 aliphatic carbocycles. The quantitative estimate of drug-likeness (QED) is 0.504. The van der Waals surface area contributed by atoms with E-state index in [0.29, 0.717) is 0 Å². The van der Waals surface area contributed by atoms with E-state index < -0.39 is 0 Å². The summed E-state index contributed by atoms with van der Waals surface area (Å²) in [6, 6.07) is 23.9. The topological polar surface area (TPSA) is 29.9 Å². The lowest BCUT2D eigenvalue weighted by atomic mass is 9.92. The molecule has 1 aliphatic rings. The minimum absolute atomic E-state index is 0.0837. The van der Waals surface area contributed by atoms with Crippen molar-refractivity contribution in [2.45, 2.75) is 25.4 Å². The Morgan fingerprint density at radius 1 is 0.963 bits per heavy atom. The summed E-state index contributed by atoms with van der Waals surface area (Å²) in [5.41, 5.74) is 5.71. The van der Waals surface area contributed by atoms with Crippen molar-refractivity contribution in [1.82, 2.24) is 9.55 Å². The van der Waals surface area contributed by atoms with Gasteiger partial charge in [-0.25, -0.2) is 9.37 Å². The van der Waals surface area contributed by atoms with Crippen LogP contribution in [-0.4, -0.2) is 9.55 Å². The number of benzene rings is 3. The largest absolute Gasteiger partial charge is 0.349 e. The van der Waals surface area contributed by atoms with E-state index in [1.165, 1.54) is 23.3 Å². The van der Waals surface area contributed by atoms with Crippen LogP contribution < -0.4 is 5.32 Å². The highest BCUT2D eigenvalue weighted by Gasteiger charge is 2.30. The van der Waals surface area contributed by atoms with Gasteiger partial charge in [0, 0.05) is 0 Å². The Labute approximate surface area is 157 Å². The zero-order valence-corrected chi connectivity index (χ0v) is 15.1. The van der Waals surface area contributed by atoms with Gasteiger partial charge in [-0.05, 0) is 48.7 Å². The number of rotatable bonds is 2. The molecule has 4 heteroatoms. The van der Waals surface area contributed by atoms with Gasteiger partial charge in [0.1, 0.15) is 5.82 Å². The van der Waals surface area contributed by atoms with Crippen LogP contribution in [-0.2, 0) is 0 Å². The fourth-order valence-corrected chi connectivity index (χ4v) is 4.08. The van der Waals surface area contributed by atoms with Crippen molar-refractivity contribution in [1.29, 1.82) is 0 Å². The molecule has 2 heterocycles. The third-order valence-electron chi connectivity index (χ3n) is 5.37. The molecule has 4 aromatic rings. The maximum absolute atomic E-state index is 13.4. The van der Waals surface area contributed by atoms with Crippen LogP contribution in [0.4, 0.5) is 10.3 Å². The van der Waals surface area contributed by atoms with E-state index in [2.05, 4.69) is 53.2 Å². The van der Waals surface area contributed by atoms with Crippen LogP contribution in [0, 0.1) is 12.7 Å². The zero-order valence-electron chi connectivity index (χ0n) is 15.1. The van der Waals surface area contributed by atoms with Gasteiger partial charge < -0.3 is 9.88 Å². The van der Waals surface area contributed by atoms with Gasteiger partial charge in [0.25, 0.3) is 0 Å². The first-order valence-electron chi connectivity index (χ1n) is 9.24. The average molecular weight is 357 g/mol. The summed E-state index contributed by atoms with van der Waals surface area (Å²) >= 11 is 0. The van der Waals surface area contributed by atoms with Crippen LogP contribution in [0.1, 0.15) is 35.2 Å². The molecule has 1 aromatic heterocycles. The Hall–Kier alpha value is -3.14. The first kappa shape index (κ1) is 16.1. The lowest BCUT2D eigenvalue weighted by molar-refractivity contribution is 0.477. The standard InChI is InChI=1S/C23H20FN3/c1-15-5-4-6-17(13-15)22-14-20(16-9-11-18(24)12-10-16)26-23-25-19-7-2-3-8-21(19)27(22)23/h2-13,20,22H,14H2,1H3,(H,25,26)/t20-,22+/m1/s1. The van der Waals surface area contributed by atoms with Crippen LogP contribution in [0.25, 0.3) is 11.0 Å². The number of hydrogen-bond donors (Lipinski definition) is 1. The molecule has 0 amide bonds. The van der Waals surface area contributed by atoms with Crippen LogP contribution in [0.2, 0.25) is 0 Å². The second kappa shape index (κ2) is 6.23. The molecule has 3 aromatic carbocycles. The molecule has 1 N–H and O–H groups in total. The predicted molar refractivity (Wildman–Crippen MR) is 106 cm³/mol. The fourth-order valence-electron chi connectivity index (χ4n) is 4.08. The van der Waals surface area contributed by atoms with Gasteiger partial charge in [-0.2, -0.15) is 0 Å². The van der Waals surface area contributed by atoms with Gasteiger partial charge in [-0.1, -0.05) is 54.1 Å². The van der Waals surface area contributed by atoms with Gasteiger partial charge in [-0.3, -0.25) is 0 Å². The number of halogens is 1. The van der Waals surface area contributed by atoms with E-state index >= 15 is 0 Å². The highest BCUT2D eigenvalue weighted by molar-refractivity contribution is 5.79. The molecule has 0 saturated heterocycles. The van der Waals surface area contributed by atoms with Crippen molar-refractivity contribution in [2.75, 3.05) is 5.32 Å². The maximum Gasteiger partial charge on any atom is 0.204 e. The smallest absolute Gasteiger partial charge is 0.204 e. The van der Waals surface area contributed by atoms with Crippen LogP contribution in [0.3, 0.4) is 0 Å². The molecule has 3 nitrogen and oxygen atoms in total. The molecule has 0 fully saturated rings. The Balaban J connectivity index is 1.67. The normalized spacial score (nSPS) is 18.9. The molecule has 0 spiro atoms. The molecule has 0 saturated carbocycles. The summed E-state index contributed by atoms with van der Waals surface area (Å²) in [5, 5.41) is 3.57. The number of anilines is 1. The molecule has 1 aliphatic heterocycles. The first-order valence-corrected chi connectivity index (χ1v) is 9.24. The van der Waals surface area contributed by atoms with Gasteiger partial charge >= 0.3 is 0 Å². The highest BCUT2D eigenvalue weighted by Crippen LogP contribution is 2.41. The average Bonchev–Trinajstić information content (AvgIpc) is 3.06. The number of hydrogen-bond acceptors (Lipinski definition) is 2. The fraction of sp³-hybridized carbons (Fsp3) is 0.174. The van der Waals surface area contributed by atoms with Gasteiger partial charge in [-0.15, -0.1) is 0 Å². The van der Waals surface area contributed by atoms with E-state index in [9.17, 15) is 4.39 Å². The minimum atomic E-state index is -0.211. The number of aromatic nitrogens is 2. The molecule has 2 atom stereocenters. The number of fused-ring (bicyclic) bond motifs is 3. The molecule has 134 valence electrons. The highest BCUT2D eigenvalue weighted by atomic mass is 19.1. The van der Waals surface area contributed by atoms with Gasteiger partial charge in [0.15, 0.2) is 0 Å². The third-order valence-corrected chi connectivity index (χ3v) is 5.37. The van der Waals surface area contributed by atoms with Crippen molar-refractivity contribution < 1.29 is 4.39 Å². The molecular weight excluding hydrogens is 337 g/mol. The summed E-state index contributed by atoms with van der Waals surface area (Å²) in [6.45, 7) is 2.12. The first-order chi connectivity index (χ1) is 13.2. The lowest BCUT2D eigenvalue weighted by Gasteiger charge is -2.33. The Bertz CT molecular complexity index is 1110. The summed E-state index contributed by atoms with van der Waals surface area (Å²) in [6.07, 6.45) is 0.877. The van der Waals surface area contributed by atoms with Crippen LogP contribution in [0.5, 0.6) is 0 Å². The molecule has 0 bridgehead atoms. The van der Waals surface area contributed by atoms with Gasteiger partial charge in [0.05, 0.1) is 23.1 Å². The summed E-state index contributed by atoms with van der Waals surface area (Å²) < 4.78 is 15.7.